The highest BCUT2D eigenvalue weighted by molar-refractivity contribution is 7.19. The van der Waals surface area contributed by atoms with Crippen LogP contribution < -0.4 is 0 Å². The molecule has 90 valence electrons. The fourth-order valence-corrected chi connectivity index (χ4v) is 2.59. The van der Waals surface area contributed by atoms with Crippen LogP contribution in [0.4, 0.5) is 4.39 Å². The van der Waals surface area contributed by atoms with E-state index < -0.39 is 5.97 Å². The summed E-state index contributed by atoms with van der Waals surface area (Å²) in [6.45, 7) is 0.186. The molecule has 1 aliphatic carbocycles. The molecule has 0 atom stereocenters. The van der Waals surface area contributed by atoms with Crippen molar-refractivity contribution in [2.45, 2.75) is 19.4 Å². The zero-order chi connectivity index (χ0) is 12.0. The number of hydrogen-bond donors (Lipinski definition) is 1. The number of rotatable bonds is 4. The van der Waals surface area contributed by atoms with E-state index in [1.807, 2.05) is 0 Å². The Hall–Kier alpha value is -1.50. The number of halogens is 1. The van der Waals surface area contributed by atoms with E-state index in [2.05, 4.69) is 9.97 Å². The van der Waals surface area contributed by atoms with Gasteiger partial charge in [0.15, 0.2) is 10.5 Å². The third-order valence-corrected chi connectivity index (χ3v) is 4.05. The maximum Gasteiger partial charge on any atom is 0.365 e. The van der Waals surface area contributed by atoms with Crippen LogP contribution in [0.1, 0.15) is 22.6 Å². The standard InChI is InChI=1S/C10H10FN3O2S/c11-3-10(1-2-10)4-14-5-12-7-6(14)13-8(17-7)9(15)16/h5H,1-4H2,(H,15,16). The molecule has 0 radical (unpaired) electrons. The molecule has 1 fully saturated rings. The van der Waals surface area contributed by atoms with Gasteiger partial charge in [-0.25, -0.2) is 14.8 Å². The predicted molar refractivity (Wildman–Crippen MR) is 60.0 cm³/mol. The average molecular weight is 255 g/mol. The summed E-state index contributed by atoms with van der Waals surface area (Å²) in [7, 11) is 0. The summed E-state index contributed by atoms with van der Waals surface area (Å²) in [4.78, 5) is 19.5. The van der Waals surface area contributed by atoms with E-state index in [0.29, 0.717) is 17.0 Å². The van der Waals surface area contributed by atoms with Crippen LogP contribution in [0.15, 0.2) is 6.33 Å². The lowest BCUT2D eigenvalue weighted by atomic mass is 10.1. The molecule has 7 heteroatoms. The fraction of sp³-hybridized carbons (Fsp3) is 0.500. The molecule has 0 amide bonds. The summed E-state index contributed by atoms with van der Waals surface area (Å²) in [5, 5.41) is 8.87. The lowest BCUT2D eigenvalue weighted by Gasteiger charge is -2.10. The molecule has 5 nitrogen and oxygen atoms in total. The van der Waals surface area contributed by atoms with Crippen molar-refractivity contribution in [3.05, 3.63) is 11.3 Å². The van der Waals surface area contributed by atoms with Crippen LogP contribution in [-0.4, -0.2) is 32.3 Å². The number of carboxylic acid groups (broad SMARTS) is 1. The van der Waals surface area contributed by atoms with E-state index in [0.717, 1.165) is 24.2 Å². The molecule has 2 aromatic heterocycles. The van der Waals surface area contributed by atoms with E-state index >= 15 is 0 Å². The molecular weight excluding hydrogens is 245 g/mol. The molecule has 0 unspecified atom stereocenters. The molecule has 2 aromatic rings. The molecule has 0 saturated heterocycles. The molecule has 1 saturated carbocycles. The number of imidazole rings is 1. The normalized spacial score (nSPS) is 17.5. The Morgan fingerprint density at radius 1 is 1.65 bits per heavy atom. The number of aromatic nitrogens is 3. The highest BCUT2D eigenvalue weighted by atomic mass is 32.1. The van der Waals surface area contributed by atoms with Crippen molar-refractivity contribution in [1.29, 1.82) is 0 Å². The molecule has 0 aliphatic heterocycles. The number of fused-ring (bicyclic) bond motifs is 1. The second-order valence-corrected chi connectivity index (χ2v) is 5.44. The number of thiazole rings is 1. The van der Waals surface area contributed by atoms with Crippen molar-refractivity contribution < 1.29 is 14.3 Å². The van der Waals surface area contributed by atoms with E-state index in [9.17, 15) is 9.18 Å². The van der Waals surface area contributed by atoms with Gasteiger partial charge in [0.25, 0.3) is 0 Å². The highest BCUT2D eigenvalue weighted by Crippen LogP contribution is 2.47. The maximum atomic E-state index is 12.8. The van der Waals surface area contributed by atoms with Gasteiger partial charge < -0.3 is 9.67 Å². The largest absolute Gasteiger partial charge is 0.476 e. The van der Waals surface area contributed by atoms with Crippen LogP contribution in [0.5, 0.6) is 0 Å². The number of aromatic carboxylic acids is 1. The Morgan fingerprint density at radius 3 is 3.00 bits per heavy atom. The molecule has 1 aliphatic rings. The van der Waals surface area contributed by atoms with Gasteiger partial charge in [0.1, 0.15) is 0 Å². The van der Waals surface area contributed by atoms with Crippen molar-refractivity contribution in [3.63, 3.8) is 0 Å². The summed E-state index contributed by atoms with van der Waals surface area (Å²) in [5.74, 6) is -1.05. The molecule has 0 spiro atoms. The van der Waals surface area contributed by atoms with Gasteiger partial charge >= 0.3 is 5.97 Å². The van der Waals surface area contributed by atoms with Crippen molar-refractivity contribution in [3.8, 4) is 0 Å². The number of hydrogen-bond acceptors (Lipinski definition) is 4. The minimum Gasteiger partial charge on any atom is -0.476 e. The van der Waals surface area contributed by atoms with Crippen LogP contribution >= 0.6 is 11.3 Å². The van der Waals surface area contributed by atoms with E-state index in [4.69, 9.17) is 5.11 Å². The summed E-state index contributed by atoms with van der Waals surface area (Å²) in [5.41, 5.74) is 0.285. The summed E-state index contributed by atoms with van der Waals surface area (Å²) >= 11 is 1.04. The van der Waals surface area contributed by atoms with E-state index in [1.54, 1.807) is 10.9 Å². The van der Waals surface area contributed by atoms with Gasteiger partial charge in [0.2, 0.25) is 5.01 Å². The first-order valence-electron chi connectivity index (χ1n) is 5.24. The summed E-state index contributed by atoms with van der Waals surface area (Å²) in [6.07, 6.45) is 3.35. The first kappa shape index (κ1) is 10.6. The van der Waals surface area contributed by atoms with Gasteiger partial charge in [0, 0.05) is 12.0 Å². The fourth-order valence-electron chi connectivity index (χ4n) is 1.83. The van der Waals surface area contributed by atoms with Crippen molar-refractivity contribution in [2.75, 3.05) is 6.67 Å². The molecule has 3 rings (SSSR count). The summed E-state index contributed by atoms with van der Waals surface area (Å²) in [6, 6.07) is 0. The lowest BCUT2D eigenvalue weighted by Crippen LogP contribution is -2.13. The first-order valence-corrected chi connectivity index (χ1v) is 6.06. The minimum atomic E-state index is -1.05. The van der Waals surface area contributed by atoms with Crippen molar-refractivity contribution in [2.24, 2.45) is 5.41 Å². The number of nitrogens with zero attached hydrogens (tertiary/aromatic N) is 3. The quantitative estimate of drug-likeness (QED) is 0.906. The van der Waals surface area contributed by atoms with Gasteiger partial charge in [-0.2, -0.15) is 0 Å². The monoisotopic (exact) mass is 255 g/mol. The third kappa shape index (κ3) is 1.70. The Morgan fingerprint density at radius 2 is 2.41 bits per heavy atom. The van der Waals surface area contributed by atoms with Crippen LogP contribution in [0, 0.1) is 5.41 Å². The van der Waals surface area contributed by atoms with Crippen LogP contribution in [-0.2, 0) is 6.54 Å². The van der Waals surface area contributed by atoms with Gasteiger partial charge in [-0.1, -0.05) is 11.3 Å². The summed E-state index contributed by atoms with van der Waals surface area (Å²) < 4.78 is 14.6. The molecule has 2 heterocycles. The van der Waals surface area contributed by atoms with Gasteiger partial charge in [-0.3, -0.25) is 4.39 Å². The van der Waals surface area contributed by atoms with E-state index in [-0.39, 0.29) is 17.1 Å². The Kier molecular flexibility index (Phi) is 2.19. The van der Waals surface area contributed by atoms with Crippen LogP contribution in [0.3, 0.4) is 0 Å². The Balaban J connectivity index is 1.96. The van der Waals surface area contributed by atoms with E-state index in [1.165, 1.54) is 0 Å². The minimum absolute atomic E-state index is 0.0296. The van der Waals surface area contributed by atoms with Gasteiger partial charge in [-0.15, -0.1) is 0 Å². The van der Waals surface area contributed by atoms with Gasteiger partial charge in [-0.05, 0) is 12.8 Å². The molecule has 0 bridgehead atoms. The van der Waals surface area contributed by atoms with Crippen molar-refractivity contribution >= 4 is 27.8 Å². The van der Waals surface area contributed by atoms with Crippen LogP contribution in [0.25, 0.3) is 10.5 Å². The smallest absolute Gasteiger partial charge is 0.365 e. The SMILES string of the molecule is O=C(O)c1nc2c(ncn2CC2(CF)CC2)s1. The zero-order valence-electron chi connectivity index (χ0n) is 8.89. The van der Waals surface area contributed by atoms with Crippen molar-refractivity contribution in [1.82, 2.24) is 14.5 Å². The van der Waals surface area contributed by atoms with Gasteiger partial charge in [0.05, 0.1) is 13.0 Å². The maximum absolute atomic E-state index is 12.8. The molecule has 0 aromatic carbocycles. The highest BCUT2D eigenvalue weighted by Gasteiger charge is 2.43. The number of carboxylic acids is 1. The average Bonchev–Trinajstić information content (AvgIpc) is 2.79. The topological polar surface area (TPSA) is 68.0 Å². The predicted octanol–water partition coefficient (Wildman–Crippen LogP) is 1.94. The molecule has 1 N–H and O–H groups in total. The third-order valence-electron chi connectivity index (χ3n) is 3.11. The molecular formula is C10H10FN3O2S. The Labute approximate surface area is 99.9 Å². The number of carbonyl (C=O) groups is 1. The number of alkyl halides is 1. The van der Waals surface area contributed by atoms with Crippen LogP contribution in [0.2, 0.25) is 0 Å². The Bertz CT molecular complexity index is 587. The second-order valence-electron chi connectivity index (χ2n) is 4.46. The first-order chi connectivity index (χ1) is 8.13. The molecule has 17 heavy (non-hydrogen) atoms. The second kappa shape index (κ2) is 3.49. The zero-order valence-corrected chi connectivity index (χ0v) is 9.71. The lowest BCUT2D eigenvalue weighted by molar-refractivity contribution is 0.0696.